The maximum Gasteiger partial charge on any atom is 0.323 e. The second-order valence-corrected chi connectivity index (χ2v) is 9.22. The van der Waals surface area contributed by atoms with Crippen molar-refractivity contribution in [2.75, 3.05) is 25.6 Å². The predicted octanol–water partition coefficient (Wildman–Crippen LogP) is -0.876. The summed E-state index contributed by atoms with van der Waals surface area (Å²) in [5, 5.41) is 10.3. The highest BCUT2D eigenvalue weighted by Gasteiger charge is 2.35. The van der Waals surface area contributed by atoms with Crippen LogP contribution in [0.1, 0.15) is 34.1 Å². The third-order valence-electron chi connectivity index (χ3n) is 5.73. The second kappa shape index (κ2) is 11.4. The van der Waals surface area contributed by atoms with Gasteiger partial charge in [0, 0.05) is 6.54 Å². The molecule has 0 fully saturated rings. The van der Waals surface area contributed by atoms with Crippen LogP contribution in [-0.2, 0) is 25.6 Å². The van der Waals surface area contributed by atoms with Crippen molar-refractivity contribution >= 4 is 29.1 Å². The lowest BCUT2D eigenvalue weighted by atomic mass is 9.86. The zero-order chi connectivity index (χ0) is 25.6. The zero-order valence-electron chi connectivity index (χ0n) is 20.0. The number of nitrogens with one attached hydrogen (secondary N) is 1. The molecular weight excluding hydrogens is 446 g/mol. The zero-order valence-corrected chi connectivity index (χ0v) is 20.0. The highest BCUT2D eigenvalue weighted by Crippen LogP contribution is 2.26. The number of aryl methyl sites for hydroxylation is 1. The molecule has 13 nitrogen and oxygen atoms in total. The molecule has 0 saturated heterocycles. The summed E-state index contributed by atoms with van der Waals surface area (Å²) in [6.07, 6.45) is 1.59. The molecule has 2 aromatic rings. The van der Waals surface area contributed by atoms with Crippen LogP contribution >= 0.6 is 0 Å². The number of rotatable bonds is 12. The number of H-pyrrole nitrogens is 1. The van der Waals surface area contributed by atoms with Crippen LogP contribution in [0.4, 0.5) is 5.95 Å². The Balaban J connectivity index is 2.25. The van der Waals surface area contributed by atoms with Gasteiger partial charge in [0.05, 0.1) is 18.3 Å². The van der Waals surface area contributed by atoms with Crippen LogP contribution in [0.2, 0.25) is 0 Å². The maximum atomic E-state index is 12.3. The van der Waals surface area contributed by atoms with Gasteiger partial charge in [-0.3, -0.25) is 19.4 Å². The topological polar surface area (TPSA) is 214 Å². The largest absolute Gasteiger partial charge is 0.464 e. The monoisotopic (exact) mass is 481 g/mol. The Labute approximate surface area is 197 Å². The number of carbonyl (C=O) groups excluding carboxylic acids is 2. The van der Waals surface area contributed by atoms with Gasteiger partial charge in [-0.1, -0.05) is 27.7 Å². The number of hydrogen-bond acceptors (Lipinski definition) is 11. The second-order valence-electron chi connectivity index (χ2n) is 9.22. The summed E-state index contributed by atoms with van der Waals surface area (Å²) in [7, 11) is 0. The van der Waals surface area contributed by atoms with E-state index in [1.54, 1.807) is 32.3 Å². The lowest BCUT2D eigenvalue weighted by molar-refractivity contribution is -0.159. The van der Waals surface area contributed by atoms with E-state index in [-0.39, 0.29) is 55.1 Å². The summed E-state index contributed by atoms with van der Waals surface area (Å²) in [5.74, 6) is -1.63. The SMILES string of the molecule is CC(C)[C@H](N)C(=O)OCC(CO)(CCn1cnc2c(=O)[nH]c(N)nc21)COC(=O)[C@@H](N)C(C)C. The summed E-state index contributed by atoms with van der Waals surface area (Å²) in [6.45, 7) is 6.36. The quantitative estimate of drug-likeness (QED) is 0.235. The van der Waals surface area contributed by atoms with Gasteiger partial charge in [0.1, 0.15) is 25.3 Å². The number of aliphatic hydroxyl groups excluding tert-OH is 1. The van der Waals surface area contributed by atoms with Crippen molar-refractivity contribution in [1.29, 1.82) is 0 Å². The minimum absolute atomic E-state index is 0.0686. The molecule has 13 heteroatoms. The first kappa shape index (κ1) is 27.2. The molecule has 2 atom stereocenters. The lowest BCUT2D eigenvalue weighted by Gasteiger charge is -2.32. The van der Waals surface area contributed by atoms with Crippen molar-refractivity contribution in [2.24, 2.45) is 28.7 Å². The summed E-state index contributed by atoms with van der Waals surface area (Å²) >= 11 is 0. The van der Waals surface area contributed by atoms with Crippen LogP contribution in [-0.4, -0.2) is 68.5 Å². The first-order valence-electron chi connectivity index (χ1n) is 11.1. The molecule has 0 saturated carbocycles. The number of carbonyl (C=O) groups is 2. The number of nitrogen functional groups attached to an aromatic ring is 1. The van der Waals surface area contributed by atoms with Gasteiger partial charge in [-0.15, -0.1) is 0 Å². The standard InChI is InChI=1S/C21H35N7O6/c1-11(2)13(22)18(31)33-8-21(7-29,9-34-19(32)14(23)12(3)4)5-6-28-10-25-15-16(28)26-20(24)27-17(15)30/h10-14,29H,5-9,22-23H2,1-4H3,(H3,24,26,27,30)/t13-,14-/m0/s1. The number of aromatic nitrogens is 4. The third kappa shape index (κ3) is 6.52. The Morgan fingerprint density at radius 1 is 1.12 bits per heavy atom. The molecule has 0 spiro atoms. The van der Waals surface area contributed by atoms with Crippen LogP contribution in [0.25, 0.3) is 11.2 Å². The molecule has 2 rings (SSSR count). The Kier molecular flexibility index (Phi) is 9.13. The van der Waals surface area contributed by atoms with Crippen molar-refractivity contribution in [2.45, 2.75) is 52.7 Å². The molecule has 0 unspecified atom stereocenters. The van der Waals surface area contributed by atoms with Crippen molar-refractivity contribution < 1.29 is 24.2 Å². The number of nitrogens with zero attached hydrogens (tertiary/aromatic N) is 3. The van der Waals surface area contributed by atoms with E-state index in [9.17, 15) is 19.5 Å². The molecule has 0 radical (unpaired) electrons. The molecule has 0 amide bonds. The van der Waals surface area contributed by atoms with Crippen molar-refractivity contribution in [3.63, 3.8) is 0 Å². The highest BCUT2D eigenvalue weighted by atomic mass is 16.6. The number of anilines is 1. The molecule has 0 aliphatic rings. The number of fused-ring (bicyclic) bond motifs is 1. The molecule has 2 heterocycles. The van der Waals surface area contributed by atoms with Crippen LogP contribution in [0.5, 0.6) is 0 Å². The van der Waals surface area contributed by atoms with Gasteiger partial charge in [0.2, 0.25) is 5.95 Å². The van der Waals surface area contributed by atoms with Gasteiger partial charge < -0.3 is 36.3 Å². The van der Waals surface area contributed by atoms with Crippen molar-refractivity contribution in [3.8, 4) is 0 Å². The predicted molar refractivity (Wildman–Crippen MR) is 124 cm³/mol. The summed E-state index contributed by atoms with van der Waals surface area (Å²) in [6, 6.07) is -1.69. The van der Waals surface area contributed by atoms with E-state index in [4.69, 9.17) is 26.7 Å². The normalized spacial score (nSPS) is 13.9. The highest BCUT2D eigenvalue weighted by molar-refractivity contribution is 5.76. The molecule has 0 aliphatic heterocycles. The maximum absolute atomic E-state index is 12.3. The average Bonchev–Trinajstić information content (AvgIpc) is 3.20. The number of hydrogen-bond donors (Lipinski definition) is 5. The number of nitrogens with two attached hydrogens (primary N) is 3. The molecular formula is C21H35N7O6. The smallest absolute Gasteiger partial charge is 0.323 e. The van der Waals surface area contributed by atoms with Gasteiger partial charge in [-0.05, 0) is 18.3 Å². The first-order valence-corrected chi connectivity index (χ1v) is 11.1. The van der Waals surface area contributed by atoms with Crippen molar-refractivity contribution in [1.82, 2.24) is 19.5 Å². The Morgan fingerprint density at radius 3 is 2.12 bits per heavy atom. The molecule has 0 aromatic carbocycles. The van der Waals surface area contributed by atoms with Crippen LogP contribution in [0, 0.1) is 17.3 Å². The number of aromatic amines is 1. The molecule has 0 bridgehead atoms. The molecule has 8 N–H and O–H groups in total. The Hall–Kier alpha value is -3.03. The number of ether oxygens (including phenoxy) is 2. The Morgan fingerprint density at radius 2 is 1.65 bits per heavy atom. The number of aliphatic hydroxyl groups is 1. The minimum atomic E-state index is -1.16. The third-order valence-corrected chi connectivity index (χ3v) is 5.73. The van der Waals surface area contributed by atoms with Crippen molar-refractivity contribution in [3.05, 3.63) is 16.7 Å². The van der Waals surface area contributed by atoms with Gasteiger partial charge in [-0.25, -0.2) is 4.98 Å². The van der Waals surface area contributed by atoms with E-state index in [0.29, 0.717) is 0 Å². The first-order chi connectivity index (χ1) is 15.9. The van der Waals surface area contributed by atoms with Gasteiger partial charge in [-0.2, -0.15) is 4.98 Å². The van der Waals surface area contributed by atoms with E-state index in [1.165, 1.54) is 6.33 Å². The number of imidazole rings is 1. The fraction of sp³-hybridized carbons (Fsp3) is 0.667. The molecule has 34 heavy (non-hydrogen) atoms. The van der Waals surface area contributed by atoms with E-state index in [2.05, 4.69) is 15.0 Å². The average molecular weight is 482 g/mol. The van der Waals surface area contributed by atoms with E-state index >= 15 is 0 Å². The fourth-order valence-corrected chi connectivity index (χ4v) is 3.03. The Bertz CT molecular complexity index is 1020. The van der Waals surface area contributed by atoms with Gasteiger partial charge in [0.15, 0.2) is 11.2 Å². The summed E-state index contributed by atoms with van der Waals surface area (Å²) in [4.78, 5) is 47.2. The summed E-state index contributed by atoms with van der Waals surface area (Å²) < 4.78 is 12.4. The van der Waals surface area contributed by atoms with Gasteiger partial charge >= 0.3 is 11.9 Å². The van der Waals surface area contributed by atoms with E-state index < -0.39 is 41.6 Å². The van der Waals surface area contributed by atoms with Gasteiger partial charge in [0.25, 0.3) is 5.56 Å². The van der Waals surface area contributed by atoms with E-state index in [1.807, 2.05) is 0 Å². The molecule has 0 aliphatic carbocycles. The fourth-order valence-electron chi connectivity index (χ4n) is 3.03. The van der Waals surface area contributed by atoms with Crippen LogP contribution in [0.15, 0.2) is 11.1 Å². The lowest BCUT2D eigenvalue weighted by Crippen LogP contribution is -2.44. The molecule has 2 aromatic heterocycles. The van der Waals surface area contributed by atoms with Crippen LogP contribution in [0.3, 0.4) is 0 Å². The number of esters is 2. The minimum Gasteiger partial charge on any atom is -0.464 e. The van der Waals surface area contributed by atoms with E-state index in [0.717, 1.165) is 0 Å². The van der Waals surface area contributed by atoms with Crippen LogP contribution < -0.4 is 22.8 Å². The molecule has 190 valence electrons. The summed E-state index contributed by atoms with van der Waals surface area (Å²) in [5.41, 5.74) is 16.1.